The topological polar surface area (TPSA) is 52.5 Å². The van der Waals surface area contributed by atoms with Gasteiger partial charge in [-0.2, -0.15) is 0 Å². The molecule has 1 rings (SSSR count). The number of nitrogens with one attached hydrogen (secondary N) is 1. The number of phenols is 1. The molecule has 0 radical (unpaired) electrons. The van der Waals surface area contributed by atoms with Gasteiger partial charge in [0.25, 0.3) is 0 Å². The Bertz CT molecular complexity index is 333. The molecule has 0 saturated carbocycles. The van der Waals surface area contributed by atoms with Crippen LogP contribution in [0.5, 0.6) is 5.75 Å². The van der Waals surface area contributed by atoms with Crippen LogP contribution < -0.4 is 5.32 Å². The number of aromatic hydroxyl groups is 1. The maximum absolute atomic E-state index is 9.19. The molecule has 0 aliphatic carbocycles. The summed E-state index contributed by atoms with van der Waals surface area (Å²) in [5, 5.41) is 21.8. The Kier molecular flexibility index (Phi) is 4.97. The minimum Gasteiger partial charge on any atom is -0.508 e. The molecule has 96 valence electrons. The van der Waals surface area contributed by atoms with Crippen molar-refractivity contribution in [1.82, 2.24) is 5.32 Å². The molecule has 1 atom stereocenters. The van der Waals surface area contributed by atoms with Gasteiger partial charge in [-0.05, 0) is 31.0 Å². The zero-order valence-electron chi connectivity index (χ0n) is 10.9. The van der Waals surface area contributed by atoms with E-state index in [0.717, 1.165) is 13.0 Å². The maximum atomic E-state index is 9.19. The highest BCUT2D eigenvalue weighted by Crippen LogP contribution is 2.14. The van der Waals surface area contributed by atoms with Crippen molar-refractivity contribution in [2.75, 3.05) is 13.2 Å². The molecule has 3 nitrogen and oxygen atoms in total. The van der Waals surface area contributed by atoms with E-state index < -0.39 is 0 Å². The fourth-order valence-electron chi connectivity index (χ4n) is 1.56. The highest BCUT2D eigenvalue weighted by molar-refractivity contribution is 5.26. The van der Waals surface area contributed by atoms with Crippen molar-refractivity contribution in [2.24, 2.45) is 5.41 Å². The van der Waals surface area contributed by atoms with Gasteiger partial charge in [-0.1, -0.05) is 26.0 Å². The lowest BCUT2D eigenvalue weighted by Crippen LogP contribution is -2.38. The quantitative estimate of drug-likeness (QED) is 0.708. The molecule has 0 heterocycles. The van der Waals surface area contributed by atoms with Crippen molar-refractivity contribution < 1.29 is 10.2 Å². The van der Waals surface area contributed by atoms with Crippen LogP contribution in [0.4, 0.5) is 0 Å². The minimum absolute atomic E-state index is 0.0801. The summed E-state index contributed by atoms with van der Waals surface area (Å²) in [6.07, 6.45) is 0.918. The summed E-state index contributed by atoms with van der Waals surface area (Å²) in [6.45, 7) is 7.18. The third-order valence-corrected chi connectivity index (χ3v) is 2.84. The van der Waals surface area contributed by atoms with E-state index in [4.69, 9.17) is 5.11 Å². The van der Waals surface area contributed by atoms with Gasteiger partial charge in [-0.15, -0.1) is 0 Å². The van der Waals surface area contributed by atoms with Crippen molar-refractivity contribution in [3.05, 3.63) is 29.8 Å². The largest absolute Gasteiger partial charge is 0.508 e. The average molecular weight is 237 g/mol. The molecule has 17 heavy (non-hydrogen) atoms. The highest BCUT2D eigenvalue weighted by Gasteiger charge is 2.17. The van der Waals surface area contributed by atoms with E-state index in [1.807, 2.05) is 26.0 Å². The molecule has 0 spiro atoms. The van der Waals surface area contributed by atoms with Crippen molar-refractivity contribution in [2.45, 2.75) is 33.2 Å². The van der Waals surface area contributed by atoms with E-state index in [1.54, 1.807) is 12.1 Å². The summed E-state index contributed by atoms with van der Waals surface area (Å²) >= 11 is 0. The molecule has 3 heteroatoms. The lowest BCUT2D eigenvalue weighted by atomic mass is 9.94. The number of hydrogen-bond donors (Lipinski definition) is 3. The first-order valence-corrected chi connectivity index (χ1v) is 6.05. The zero-order valence-corrected chi connectivity index (χ0v) is 10.9. The van der Waals surface area contributed by atoms with Crippen LogP contribution in [0, 0.1) is 5.41 Å². The van der Waals surface area contributed by atoms with Gasteiger partial charge in [0.1, 0.15) is 5.75 Å². The van der Waals surface area contributed by atoms with E-state index in [1.165, 1.54) is 5.56 Å². The normalized spacial score (nSPS) is 13.6. The van der Waals surface area contributed by atoms with E-state index >= 15 is 0 Å². The molecule has 0 bridgehead atoms. The smallest absolute Gasteiger partial charge is 0.115 e. The van der Waals surface area contributed by atoms with Gasteiger partial charge in [-0.3, -0.25) is 0 Å². The second-order valence-corrected chi connectivity index (χ2v) is 5.47. The third kappa shape index (κ3) is 5.20. The molecule has 0 aliphatic heterocycles. The first-order valence-electron chi connectivity index (χ1n) is 6.05. The average Bonchev–Trinajstić information content (AvgIpc) is 2.30. The number of rotatable bonds is 6. The molecular formula is C14H23NO2. The van der Waals surface area contributed by atoms with Gasteiger partial charge in [0.2, 0.25) is 0 Å². The maximum Gasteiger partial charge on any atom is 0.115 e. The molecule has 0 aliphatic rings. The molecule has 3 N–H and O–H groups in total. The van der Waals surface area contributed by atoms with Crippen LogP contribution in [-0.2, 0) is 6.42 Å². The van der Waals surface area contributed by atoms with E-state index in [-0.39, 0.29) is 12.0 Å². The summed E-state index contributed by atoms with van der Waals surface area (Å²) in [5.41, 5.74) is 1.12. The first kappa shape index (κ1) is 14.0. The van der Waals surface area contributed by atoms with Gasteiger partial charge in [0.05, 0.1) is 0 Å². The van der Waals surface area contributed by atoms with Crippen LogP contribution in [0.3, 0.4) is 0 Å². The van der Waals surface area contributed by atoms with Crippen molar-refractivity contribution in [1.29, 1.82) is 0 Å². The Labute approximate surface area is 103 Å². The number of hydrogen-bond acceptors (Lipinski definition) is 3. The van der Waals surface area contributed by atoms with Gasteiger partial charge < -0.3 is 15.5 Å². The molecular weight excluding hydrogens is 214 g/mol. The monoisotopic (exact) mass is 237 g/mol. The SMILES string of the molecule is CC(Cc1ccc(O)cc1)NCC(C)(C)CO. The summed E-state index contributed by atoms with van der Waals surface area (Å²) in [7, 11) is 0. The lowest BCUT2D eigenvalue weighted by molar-refractivity contribution is 0.154. The molecule has 0 aromatic heterocycles. The standard InChI is InChI=1S/C14H23NO2/c1-11(15-9-14(2,3)10-16)8-12-4-6-13(17)7-5-12/h4-7,11,15-17H,8-10H2,1-3H3. The summed E-state index contributed by atoms with van der Waals surface area (Å²) in [6, 6.07) is 7.64. The second kappa shape index (κ2) is 6.03. The molecule has 1 unspecified atom stereocenters. The minimum atomic E-state index is -0.0801. The Morgan fingerprint density at radius 2 is 1.82 bits per heavy atom. The Morgan fingerprint density at radius 3 is 2.35 bits per heavy atom. The van der Waals surface area contributed by atoms with Gasteiger partial charge >= 0.3 is 0 Å². The summed E-state index contributed by atoms with van der Waals surface area (Å²) in [5.74, 6) is 0.302. The summed E-state index contributed by atoms with van der Waals surface area (Å²) < 4.78 is 0. The van der Waals surface area contributed by atoms with Gasteiger partial charge in [0, 0.05) is 24.6 Å². The number of aliphatic hydroxyl groups is 1. The van der Waals surface area contributed by atoms with Crippen LogP contribution in [0.15, 0.2) is 24.3 Å². The molecule has 0 fully saturated rings. The third-order valence-electron chi connectivity index (χ3n) is 2.84. The Morgan fingerprint density at radius 1 is 1.24 bits per heavy atom. The fourth-order valence-corrected chi connectivity index (χ4v) is 1.56. The number of phenolic OH excluding ortho intramolecular Hbond substituents is 1. The van der Waals surface area contributed by atoms with Gasteiger partial charge in [-0.25, -0.2) is 0 Å². The first-order chi connectivity index (χ1) is 7.93. The van der Waals surface area contributed by atoms with E-state index in [0.29, 0.717) is 11.8 Å². The van der Waals surface area contributed by atoms with Crippen LogP contribution in [0.25, 0.3) is 0 Å². The molecule has 0 amide bonds. The van der Waals surface area contributed by atoms with Gasteiger partial charge in [0.15, 0.2) is 0 Å². The summed E-state index contributed by atoms with van der Waals surface area (Å²) in [4.78, 5) is 0. The number of benzene rings is 1. The number of aliphatic hydroxyl groups excluding tert-OH is 1. The zero-order chi connectivity index (χ0) is 12.9. The van der Waals surface area contributed by atoms with E-state index in [9.17, 15) is 5.11 Å². The Balaban J connectivity index is 2.39. The molecule has 0 saturated heterocycles. The Hall–Kier alpha value is -1.06. The van der Waals surface area contributed by atoms with Crippen molar-refractivity contribution in [3.8, 4) is 5.75 Å². The van der Waals surface area contributed by atoms with Crippen LogP contribution in [0.1, 0.15) is 26.3 Å². The lowest BCUT2D eigenvalue weighted by Gasteiger charge is -2.25. The van der Waals surface area contributed by atoms with Crippen LogP contribution in [0.2, 0.25) is 0 Å². The predicted molar refractivity (Wildman–Crippen MR) is 70.1 cm³/mol. The van der Waals surface area contributed by atoms with Crippen molar-refractivity contribution >= 4 is 0 Å². The fraction of sp³-hybridized carbons (Fsp3) is 0.571. The predicted octanol–water partition coefficient (Wildman–Crippen LogP) is 1.93. The molecule has 1 aromatic rings. The van der Waals surface area contributed by atoms with Crippen LogP contribution >= 0.6 is 0 Å². The van der Waals surface area contributed by atoms with Crippen molar-refractivity contribution in [3.63, 3.8) is 0 Å². The second-order valence-electron chi connectivity index (χ2n) is 5.47. The highest BCUT2D eigenvalue weighted by atomic mass is 16.3. The van der Waals surface area contributed by atoms with Crippen LogP contribution in [-0.4, -0.2) is 29.4 Å². The van der Waals surface area contributed by atoms with E-state index in [2.05, 4.69) is 12.2 Å². The molecule has 1 aromatic carbocycles.